The van der Waals surface area contributed by atoms with Crippen LogP contribution in [0.2, 0.25) is 0 Å². The van der Waals surface area contributed by atoms with Crippen LogP contribution in [-0.4, -0.2) is 27.8 Å². The zero-order valence-electron chi connectivity index (χ0n) is 11.6. The summed E-state index contributed by atoms with van der Waals surface area (Å²) >= 11 is 2.71. The van der Waals surface area contributed by atoms with Crippen LogP contribution in [0.15, 0.2) is 16.0 Å². The van der Waals surface area contributed by atoms with Gasteiger partial charge in [0.05, 0.1) is 12.0 Å². The number of esters is 1. The van der Waals surface area contributed by atoms with Gasteiger partial charge in [-0.3, -0.25) is 9.59 Å². The maximum absolute atomic E-state index is 12.0. The molecule has 20 heavy (non-hydrogen) atoms. The summed E-state index contributed by atoms with van der Waals surface area (Å²) in [4.78, 5) is 32.6. The lowest BCUT2D eigenvalue weighted by atomic mass is 10.3. The van der Waals surface area contributed by atoms with Crippen LogP contribution in [-0.2, 0) is 9.53 Å². The van der Waals surface area contributed by atoms with E-state index in [9.17, 15) is 9.59 Å². The molecular weight excluding hydrogens is 296 g/mol. The summed E-state index contributed by atoms with van der Waals surface area (Å²) in [6, 6.07) is 1.82. The number of carbonyl (C=O) groups excluding carboxylic acids is 1. The first-order chi connectivity index (χ1) is 9.55. The maximum atomic E-state index is 12.0. The van der Waals surface area contributed by atoms with Gasteiger partial charge in [0.2, 0.25) is 0 Å². The molecule has 0 aliphatic carbocycles. The Morgan fingerprint density at radius 2 is 2.30 bits per heavy atom. The van der Waals surface area contributed by atoms with E-state index in [1.165, 1.54) is 23.1 Å². The van der Waals surface area contributed by atoms with E-state index in [1.54, 1.807) is 6.92 Å². The number of ether oxygens (including phenoxy) is 1. The fourth-order valence-corrected chi connectivity index (χ4v) is 3.59. The van der Waals surface area contributed by atoms with Gasteiger partial charge in [-0.2, -0.15) is 0 Å². The van der Waals surface area contributed by atoms with Gasteiger partial charge in [-0.25, -0.2) is 4.98 Å². The average molecular weight is 312 g/mol. The molecule has 2 aromatic rings. The van der Waals surface area contributed by atoms with Gasteiger partial charge in [-0.15, -0.1) is 11.3 Å². The van der Waals surface area contributed by atoms with Gasteiger partial charge >= 0.3 is 5.97 Å². The molecule has 5 nitrogen and oxygen atoms in total. The molecule has 0 bridgehead atoms. The maximum Gasteiger partial charge on any atom is 0.319 e. The number of fused-ring (bicyclic) bond motifs is 1. The molecule has 1 atom stereocenters. The van der Waals surface area contributed by atoms with E-state index in [4.69, 9.17) is 4.74 Å². The number of aromatic nitrogens is 2. The van der Waals surface area contributed by atoms with Crippen LogP contribution in [0.4, 0.5) is 0 Å². The Hall–Kier alpha value is -1.34. The number of thioether (sulfide) groups is 1. The summed E-state index contributed by atoms with van der Waals surface area (Å²) in [5, 5.41) is 0.710. The number of thiophene rings is 1. The van der Waals surface area contributed by atoms with Crippen molar-refractivity contribution in [2.24, 2.45) is 0 Å². The monoisotopic (exact) mass is 312 g/mol. The summed E-state index contributed by atoms with van der Waals surface area (Å²) in [6.07, 6.45) is 0.620. The van der Waals surface area contributed by atoms with Crippen molar-refractivity contribution in [3.05, 3.63) is 21.3 Å². The van der Waals surface area contributed by atoms with Gasteiger partial charge in [0, 0.05) is 4.88 Å². The lowest BCUT2D eigenvalue weighted by Crippen LogP contribution is -2.20. The number of H-pyrrole nitrogens is 1. The van der Waals surface area contributed by atoms with Crippen LogP contribution < -0.4 is 5.56 Å². The molecule has 0 spiro atoms. The van der Waals surface area contributed by atoms with Crippen molar-refractivity contribution < 1.29 is 9.53 Å². The first-order valence-electron chi connectivity index (χ1n) is 6.38. The van der Waals surface area contributed by atoms with Crippen LogP contribution in [0.25, 0.3) is 10.2 Å². The number of aryl methyl sites for hydroxylation is 1. The molecule has 2 rings (SSSR count). The minimum Gasteiger partial charge on any atom is -0.465 e. The Bertz CT molecular complexity index is 678. The summed E-state index contributed by atoms with van der Waals surface area (Å²) in [5.41, 5.74) is -0.166. The second kappa shape index (κ2) is 6.41. The number of hydrogen-bond donors (Lipinski definition) is 1. The quantitative estimate of drug-likeness (QED) is 0.522. The molecule has 0 amide bonds. The second-order valence-electron chi connectivity index (χ2n) is 4.21. The van der Waals surface area contributed by atoms with Crippen LogP contribution in [0, 0.1) is 6.92 Å². The number of hydrogen-bond acceptors (Lipinski definition) is 6. The van der Waals surface area contributed by atoms with E-state index in [2.05, 4.69) is 9.97 Å². The number of nitrogens with one attached hydrogen (secondary N) is 1. The minimum absolute atomic E-state index is 0.166. The third kappa shape index (κ3) is 3.21. The first-order valence-corrected chi connectivity index (χ1v) is 8.08. The largest absolute Gasteiger partial charge is 0.465 e. The zero-order chi connectivity index (χ0) is 14.7. The Morgan fingerprint density at radius 3 is 2.95 bits per heavy atom. The third-order valence-corrected chi connectivity index (χ3v) is 4.85. The second-order valence-corrected chi connectivity index (χ2v) is 6.64. The summed E-state index contributed by atoms with van der Waals surface area (Å²) in [5.74, 6) is -0.273. The highest BCUT2D eigenvalue weighted by Gasteiger charge is 2.21. The molecule has 0 aliphatic rings. The van der Waals surface area contributed by atoms with E-state index >= 15 is 0 Å². The Balaban J connectivity index is 2.28. The molecule has 7 heteroatoms. The highest BCUT2D eigenvalue weighted by molar-refractivity contribution is 8.00. The van der Waals surface area contributed by atoms with E-state index in [1.807, 2.05) is 19.9 Å². The molecule has 0 saturated heterocycles. The minimum atomic E-state index is -0.350. The first kappa shape index (κ1) is 15.1. The Morgan fingerprint density at radius 1 is 1.55 bits per heavy atom. The Labute approximate surface area is 124 Å². The molecule has 0 radical (unpaired) electrons. The number of nitrogens with zero attached hydrogens (tertiary/aromatic N) is 1. The highest BCUT2D eigenvalue weighted by atomic mass is 32.2. The van der Waals surface area contributed by atoms with Crippen LogP contribution in [0.3, 0.4) is 0 Å². The summed E-state index contributed by atoms with van der Waals surface area (Å²) in [6.45, 7) is 5.96. The molecular formula is C13H16N2O3S2. The summed E-state index contributed by atoms with van der Waals surface area (Å²) in [7, 11) is 0. The van der Waals surface area contributed by atoms with Gasteiger partial charge < -0.3 is 9.72 Å². The van der Waals surface area contributed by atoms with E-state index in [0.29, 0.717) is 28.4 Å². The number of rotatable bonds is 5. The molecule has 2 aromatic heterocycles. The van der Waals surface area contributed by atoms with Crippen molar-refractivity contribution in [3.8, 4) is 0 Å². The molecule has 0 aliphatic heterocycles. The van der Waals surface area contributed by atoms with Crippen molar-refractivity contribution in [1.82, 2.24) is 9.97 Å². The predicted octanol–water partition coefficient (Wildman–Crippen LogP) is 2.73. The predicted molar refractivity (Wildman–Crippen MR) is 81.5 cm³/mol. The summed E-state index contributed by atoms with van der Waals surface area (Å²) < 4.78 is 5.01. The van der Waals surface area contributed by atoms with E-state index in [-0.39, 0.29) is 16.8 Å². The molecule has 1 N–H and O–H groups in total. The molecule has 0 fully saturated rings. The lowest BCUT2D eigenvalue weighted by molar-refractivity contribution is -0.142. The smallest absolute Gasteiger partial charge is 0.319 e. The van der Waals surface area contributed by atoms with Gasteiger partial charge in [-0.1, -0.05) is 18.7 Å². The van der Waals surface area contributed by atoms with Crippen molar-refractivity contribution >= 4 is 39.3 Å². The highest BCUT2D eigenvalue weighted by Crippen LogP contribution is 2.26. The van der Waals surface area contributed by atoms with Gasteiger partial charge in [0.15, 0.2) is 5.16 Å². The zero-order valence-corrected chi connectivity index (χ0v) is 13.2. The average Bonchev–Trinajstić information content (AvgIpc) is 2.77. The molecule has 2 heterocycles. The lowest BCUT2D eigenvalue weighted by Gasteiger charge is -2.11. The molecule has 0 aromatic carbocycles. The topological polar surface area (TPSA) is 72.0 Å². The van der Waals surface area contributed by atoms with Crippen molar-refractivity contribution in [3.63, 3.8) is 0 Å². The normalized spacial score (nSPS) is 12.6. The van der Waals surface area contributed by atoms with Crippen molar-refractivity contribution in [2.45, 2.75) is 37.6 Å². The van der Waals surface area contributed by atoms with E-state index < -0.39 is 0 Å². The van der Waals surface area contributed by atoms with Crippen LogP contribution in [0.5, 0.6) is 0 Å². The van der Waals surface area contributed by atoms with Gasteiger partial charge in [-0.05, 0) is 26.3 Å². The third-order valence-electron chi connectivity index (χ3n) is 2.68. The number of carbonyl (C=O) groups is 1. The fourth-order valence-electron chi connectivity index (χ4n) is 1.76. The van der Waals surface area contributed by atoms with Crippen molar-refractivity contribution in [2.75, 3.05) is 6.61 Å². The SMILES string of the molecule is CCOC(=O)C(CC)Sc1nc2sc(C)cc2c(=O)[nH]1. The van der Waals surface area contributed by atoms with Crippen molar-refractivity contribution in [1.29, 1.82) is 0 Å². The molecule has 1 unspecified atom stereocenters. The van der Waals surface area contributed by atoms with Gasteiger partial charge in [0.25, 0.3) is 5.56 Å². The fraction of sp³-hybridized carbons (Fsp3) is 0.462. The number of aromatic amines is 1. The standard InChI is InChI=1S/C13H16N2O3S2/c1-4-9(12(17)18-5-2)20-13-14-10(16)8-6-7(3)19-11(8)15-13/h6,9H,4-5H2,1-3H3,(H,14,15,16). The molecule has 108 valence electrons. The van der Waals surface area contributed by atoms with E-state index in [0.717, 1.165) is 4.88 Å². The molecule has 0 saturated carbocycles. The van der Waals surface area contributed by atoms with Crippen LogP contribution in [0.1, 0.15) is 25.1 Å². The Kier molecular flexibility index (Phi) is 4.82. The van der Waals surface area contributed by atoms with Gasteiger partial charge in [0.1, 0.15) is 10.1 Å². The van der Waals surface area contributed by atoms with Crippen LogP contribution >= 0.6 is 23.1 Å².